The molecule has 156 valence electrons. The summed E-state index contributed by atoms with van der Waals surface area (Å²) in [5, 5.41) is 4.19. The maximum atomic E-state index is 13.6. The van der Waals surface area contributed by atoms with Crippen LogP contribution >= 0.6 is 0 Å². The lowest BCUT2D eigenvalue weighted by molar-refractivity contribution is 0.103. The highest BCUT2D eigenvalue weighted by Gasteiger charge is 2.21. The Kier molecular flexibility index (Phi) is 5.61. The molecule has 31 heavy (non-hydrogen) atoms. The first-order valence-electron chi connectivity index (χ1n) is 9.41. The van der Waals surface area contributed by atoms with Gasteiger partial charge in [-0.05, 0) is 36.4 Å². The average molecular weight is 416 g/mol. The summed E-state index contributed by atoms with van der Waals surface area (Å²) in [5.74, 6) is 0.976. The molecule has 0 unspecified atom stereocenters. The fourth-order valence-electron chi connectivity index (χ4n) is 3.31. The van der Waals surface area contributed by atoms with Gasteiger partial charge in [0.25, 0.3) is 0 Å². The number of ketones is 1. The summed E-state index contributed by atoms with van der Waals surface area (Å²) in [5.41, 5.74) is 2.97. The summed E-state index contributed by atoms with van der Waals surface area (Å²) >= 11 is 0. The molecule has 2 aromatic carbocycles. The third kappa shape index (κ3) is 3.83. The zero-order valence-electron chi connectivity index (χ0n) is 17.3. The van der Waals surface area contributed by atoms with E-state index in [1.165, 1.54) is 27.7 Å². The summed E-state index contributed by atoms with van der Waals surface area (Å²) in [6.07, 6.45) is 4.67. The standard InChI is InChI=1S/C23H20N4O4/c1-29-20-11-16(12-21(30-2)23(20)31-3)22(28)17-10-15(18-6-4-5-9-25-18)7-8-19(17)27-14-24-13-26-27/h4-14H,1-3H3. The minimum Gasteiger partial charge on any atom is -0.493 e. The Morgan fingerprint density at radius 3 is 2.29 bits per heavy atom. The zero-order valence-corrected chi connectivity index (χ0v) is 17.3. The van der Waals surface area contributed by atoms with Gasteiger partial charge in [-0.3, -0.25) is 9.78 Å². The van der Waals surface area contributed by atoms with Crippen molar-refractivity contribution < 1.29 is 19.0 Å². The van der Waals surface area contributed by atoms with Gasteiger partial charge in [0, 0.05) is 22.9 Å². The van der Waals surface area contributed by atoms with Gasteiger partial charge in [0.1, 0.15) is 12.7 Å². The van der Waals surface area contributed by atoms with E-state index in [2.05, 4.69) is 15.1 Å². The van der Waals surface area contributed by atoms with E-state index in [1.807, 2.05) is 30.3 Å². The fraction of sp³-hybridized carbons (Fsp3) is 0.130. The molecule has 0 spiro atoms. The molecule has 4 rings (SSSR count). The van der Waals surface area contributed by atoms with Gasteiger partial charge in [-0.2, -0.15) is 5.10 Å². The van der Waals surface area contributed by atoms with Crippen LogP contribution in [0, 0.1) is 0 Å². The number of carbonyl (C=O) groups excluding carboxylic acids is 1. The van der Waals surface area contributed by atoms with E-state index in [9.17, 15) is 4.79 Å². The van der Waals surface area contributed by atoms with Crippen LogP contribution in [0.1, 0.15) is 15.9 Å². The first kappa shape index (κ1) is 20.1. The minimum absolute atomic E-state index is 0.234. The number of hydrogen-bond acceptors (Lipinski definition) is 7. The summed E-state index contributed by atoms with van der Waals surface area (Å²) < 4.78 is 17.7. The highest BCUT2D eigenvalue weighted by Crippen LogP contribution is 2.39. The van der Waals surface area contributed by atoms with Crippen molar-refractivity contribution in [1.29, 1.82) is 0 Å². The second-order valence-electron chi connectivity index (χ2n) is 6.53. The Hall–Kier alpha value is -4.20. The van der Waals surface area contributed by atoms with Gasteiger partial charge in [0.15, 0.2) is 17.3 Å². The van der Waals surface area contributed by atoms with Gasteiger partial charge in [-0.1, -0.05) is 12.1 Å². The lowest BCUT2D eigenvalue weighted by atomic mass is 9.97. The van der Waals surface area contributed by atoms with E-state index in [0.717, 1.165) is 11.3 Å². The van der Waals surface area contributed by atoms with Crippen LogP contribution in [0.3, 0.4) is 0 Å². The van der Waals surface area contributed by atoms with Gasteiger partial charge in [0.05, 0.1) is 32.7 Å². The number of ether oxygens (including phenoxy) is 3. The van der Waals surface area contributed by atoms with E-state index >= 15 is 0 Å². The van der Waals surface area contributed by atoms with Crippen LogP contribution in [0.25, 0.3) is 16.9 Å². The molecule has 0 aliphatic heterocycles. The molecule has 8 heteroatoms. The lowest BCUT2D eigenvalue weighted by Crippen LogP contribution is -2.09. The van der Waals surface area contributed by atoms with E-state index in [0.29, 0.717) is 34.1 Å². The Labute approximate surface area is 179 Å². The molecule has 8 nitrogen and oxygen atoms in total. The highest BCUT2D eigenvalue weighted by molar-refractivity contribution is 6.12. The molecule has 0 N–H and O–H groups in total. The molecule has 2 heterocycles. The average Bonchev–Trinajstić information content (AvgIpc) is 3.37. The molecule has 0 aliphatic carbocycles. The number of hydrogen-bond donors (Lipinski definition) is 0. The molecule has 4 aromatic rings. The molecule has 0 aliphatic rings. The van der Waals surface area contributed by atoms with Gasteiger partial charge in [-0.15, -0.1) is 0 Å². The Morgan fingerprint density at radius 1 is 0.935 bits per heavy atom. The topological polar surface area (TPSA) is 88.4 Å². The van der Waals surface area contributed by atoms with Crippen molar-refractivity contribution >= 4 is 5.78 Å². The highest BCUT2D eigenvalue weighted by atomic mass is 16.5. The molecule has 0 bridgehead atoms. The molecule has 2 aromatic heterocycles. The monoisotopic (exact) mass is 416 g/mol. The maximum Gasteiger partial charge on any atom is 0.203 e. The number of aromatic nitrogens is 4. The minimum atomic E-state index is -0.234. The van der Waals surface area contributed by atoms with Crippen molar-refractivity contribution in [1.82, 2.24) is 19.7 Å². The predicted molar refractivity (Wildman–Crippen MR) is 114 cm³/mol. The smallest absolute Gasteiger partial charge is 0.203 e. The second kappa shape index (κ2) is 8.66. The first-order valence-corrected chi connectivity index (χ1v) is 9.41. The Balaban J connectivity index is 1.88. The van der Waals surface area contributed by atoms with Crippen molar-refractivity contribution in [2.24, 2.45) is 0 Å². The van der Waals surface area contributed by atoms with Gasteiger partial charge in [-0.25, -0.2) is 9.67 Å². The number of rotatable bonds is 7. The summed E-state index contributed by atoms with van der Waals surface area (Å²) in [6.45, 7) is 0. The van der Waals surface area contributed by atoms with E-state index in [4.69, 9.17) is 14.2 Å². The molecular weight excluding hydrogens is 396 g/mol. The number of methoxy groups -OCH3 is 3. The second-order valence-corrected chi connectivity index (χ2v) is 6.53. The zero-order chi connectivity index (χ0) is 21.8. The van der Waals surface area contributed by atoms with Gasteiger partial charge < -0.3 is 14.2 Å². The van der Waals surface area contributed by atoms with E-state index < -0.39 is 0 Å². The first-order chi connectivity index (χ1) is 15.2. The van der Waals surface area contributed by atoms with Gasteiger partial charge in [0.2, 0.25) is 5.75 Å². The van der Waals surface area contributed by atoms with Crippen molar-refractivity contribution in [2.45, 2.75) is 0 Å². The molecule has 0 amide bonds. The van der Waals surface area contributed by atoms with Crippen LogP contribution < -0.4 is 14.2 Å². The van der Waals surface area contributed by atoms with Crippen molar-refractivity contribution in [3.63, 3.8) is 0 Å². The summed E-state index contributed by atoms with van der Waals surface area (Å²) in [4.78, 5) is 22.0. The number of carbonyl (C=O) groups is 1. The lowest BCUT2D eigenvalue weighted by Gasteiger charge is -2.15. The van der Waals surface area contributed by atoms with Crippen molar-refractivity contribution in [3.05, 3.63) is 78.5 Å². The SMILES string of the molecule is COc1cc(C(=O)c2cc(-c3ccccn3)ccc2-n2cncn2)cc(OC)c1OC. The third-order valence-corrected chi connectivity index (χ3v) is 4.79. The van der Waals surface area contributed by atoms with Crippen molar-refractivity contribution in [2.75, 3.05) is 21.3 Å². The fourth-order valence-corrected chi connectivity index (χ4v) is 3.31. The molecule has 0 atom stereocenters. The van der Waals surface area contributed by atoms with Crippen LogP contribution in [-0.4, -0.2) is 46.9 Å². The normalized spacial score (nSPS) is 10.5. The van der Waals surface area contributed by atoms with Crippen LogP contribution in [0.15, 0.2) is 67.4 Å². The molecule has 0 radical (unpaired) electrons. The summed E-state index contributed by atoms with van der Waals surface area (Å²) in [7, 11) is 4.53. The number of benzene rings is 2. The van der Waals surface area contributed by atoms with Gasteiger partial charge >= 0.3 is 0 Å². The quantitative estimate of drug-likeness (QED) is 0.426. The summed E-state index contributed by atoms with van der Waals surface area (Å²) in [6, 6.07) is 14.4. The van der Waals surface area contributed by atoms with Crippen molar-refractivity contribution in [3.8, 4) is 34.2 Å². The van der Waals surface area contributed by atoms with E-state index in [-0.39, 0.29) is 5.78 Å². The number of nitrogens with zero attached hydrogens (tertiary/aromatic N) is 4. The maximum absolute atomic E-state index is 13.6. The molecular formula is C23H20N4O4. The third-order valence-electron chi connectivity index (χ3n) is 4.79. The van der Waals surface area contributed by atoms with Crippen LogP contribution in [0.2, 0.25) is 0 Å². The van der Waals surface area contributed by atoms with E-state index in [1.54, 1.807) is 35.4 Å². The van der Waals surface area contributed by atoms with Crippen LogP contribution in [-0.2, 0) is 0 Å². The van der Waals surface area contributed by atoms with Crippen LogP contribution in [0.4, 0.5) is 0 Å². The molecule has 0 saturated heterocycles. The molecule has 0 saturated carbocycles. The molecule has 0 fully saturated rings. The van der Waals surface area contributed by atoms with Crippen LogP contribution in [0.5, 0.6) is 17.2 Å². The number of pyridine rings is 1. The Bertz CT molecular complexity index is 1180. The Morgan fingerprint density at radius 2 is 1.71 bits per heavy atom. The predicted octanol–water partition coefficient (Wildman–Crippen LogP) is 3.59. The largest absolute Gasteiger partial charge is 0.493 e.